The summed E-state index contributed by atoms with van der Waals surface area (Å²) in [7, 11) is 0. The smallest absolute Gasteiger partial charge is 0.326 e. The van der Waals surface area contributed by atoms with E-state index in [1.807, 2.05) is 13.0 Å². The van der Waals surface area contributed by atoms with Gasteiger partial charge in [0.15, 0.2) is 0 Å². The summed E-state index contributed by atoms with van der Waals surface area (Å²) in [5.74, 6) is -2.25. The molecule has 1 aliphatic carbocycles. The zero-order valence-electron chi connectivity index (χ0n) is 21.5. The van der Waals surface area contributed by atoms with Gasteiger partial charge in [-0.25, -0.2) is 18.0 Å². The predicted octanol–water partition coefficient (Wildman–Crippen LogP) is 5.08. The van der Waals surface area contributed by atoms with Gasteiger partial charge >= 0.3 is 5.97 Å². The molecule has 0 aromatic heterocycles. The first kappa shape index (κ1) is 26.5. The van der Waals surface area contributed by atoms with Crippen molar-refractivity contribution in [1.82, 2.24) is 9.80 Å². The van der Waals surface area contributed by atoms with Crippen LogP contribution in [0.3, 0.4) is 0 Å². The van der Waals surface area contributed by atoms with E-state index in [0.717, 1.165) is 54.8 Å². The third kappa shape index (κ3) is 5.82. The molecule has 2 aliphatic heterocycles. The summed E-state index contributed by atoms with van der Waals surface area (Å²) >= 11 is 0. The highest BCUT2D eigenvalue weighted by molar-refractivity contribution is 5.97. The highest BCUT2D eigenvalue weighted by Gasteiger charge is 2.41. The molecule has 1 N–H and O–H groups in total. The van der Waals surface area contributed by atoms with E-state index in [1.54, 1.807) is 6.07 Å². The molecule has 0 radical (unpaired) electrons. The van der Waals surface area contributed by atoms with E-state index in [1.165, 1.54) is 18.2 Å². The molecule has 0 bridgehead atoms. The number of likely N-dealkylation sites (tertiary alicyclic amines) is 2. The summed E-state index contributed by atoms with van der Waals surface area (Å²) < 4.78 is 49.2. The largest absolute Gasteiger partial charge is 0.493 e. The SMILES string of the molecule is Cc1ccc(F)c(CN2CCC(COc3cc(F)c(C(=O)N4C[C@H](F)C[C@H]4C(=O)O)cc3C3CC3)CC2)c1. The number of benzene rings is 2. The van der Waals surface area contributed by atoms with Crippen molar-refractivity contribution in [2.24, 2.45) is 5.92 Å². The van der Waals surface area contributed by atoms with E-state index >= 15 is 4.39 Å². The van der Waals surface area contributed by atoms with Crippen molar-refractivity contribution in [2.45, 2.75) is 63.7 Å². The van der Waals surface area contributed by atoms with Crippen LogP contribution in [0.1, 0.15) is 65.1 Å². The van der Waals surface area contributed by atoms with Crippen LogP contribution in [-0.2, 0) is 11.3 Å². The van der Waals surface area contributed by atoms with E-state index < -0.39 is 29.9 Å². The van der Waals surface area contributed by atoms with Crippen LogP contribution in [-0.4, -0.2) is 65.2 Å². The Morgan fingerprint density at radius 1 is 1.05 bits per heavy atom. The topological polar surface area (TPSA) is 70.1 Å². The van der Waals surface area contributed by atoms with Gasteiger partial charge in [-0.05, 0) is 75.2 Å². The second-order valence-corrected chi connectivity index (χ2v) is 10.9. The molecule has 0 unspecified atom stereocenters. The number of aryl methyl sites for hydroxylation is 1. The maximum Gasteiger partial charge on any atom is 0.326 e. The summed E-state index contributed by atoms with van der Waals surface area (Å²) in [6.07, 6.45) is 1.81. The molecule has 0 spiro atoms. The van der Waals surface area contributed by atoms with Gasteiger partial charge in [0.2, 0.25) is 0 Å². The summed E-state index contributed by atoms with van der Waals surface area (Å²) in [5.41, 5.74) is 2.23. The zero-order chi connectivity index (χ0) is 27.0. The van der Waals surface area contributed by atoms with Crippen LogP contribution in [0.15, 0.2) is 30.3 Å². The highest BCUT2D eigenvalue weighted by Crippen LogP contribution is 2.45. The fraction of sp³-hybridized carbons (Fsp3) is 0.517. The average molecular weight is 531 g/mol. The quantitative estimate of drug-likeness (QED) is 0.516. The monoisotopic (exact) mass is 530 g/mol. The van der Waals surface area contributed by atoms with E-state index in [0.29, 0.717) is 24.5 Å². The van der Waals surface area contributed by atoms with Crippen LogP contribution in [0.5, 0.6) is 5.75 Å². The Bertz CT molecular complexity index is 1210. The van der Waals surface area contributed by atoms with Crippen molar-refractivity contribution >= 4 is 11.9 Å². The molecule has 2 saturated heterocycles. The number of aliphatic carboxylic acids is 1. The normalized spacial score (nSPS) is 22.6. The Morgan fingerprint density at radius 2 is 1.79 bits per heavy atom. The number of amides is 1. The minimum Gasteiger partial charge on any atom is -0.493 e. The lowest BCUT2D eigenvalue weighted by Crippen LogP contribution is -2.41. The number of carboxylic acids is 1. The van der Waals surface area contributed by atoms with Gasteiger partial charge < -0.3 is 14.7 Å². The molecule has 5 rings (SSSR count). The zero-order valence-corrected chi connectivity index (χ0v) is 21.5. The molecule has 1 amide bonds. The van der Waals surface area contributed by atoms with Crippen LogP contribution >= 0.6 is 0 Å². The standard InChI is InChI=1S/C29H33F3N2O4/c1-17-2-5-24(31)20(10-17)14-33-8-6-18(7-9-33)16-38-27-13-25(32)23(12-22(27)19-3-4-19)28(35)34-15-21(30)11-26(34)29(36)37/h2,5,10,12-13,18-19,21,26H,3-4,6-9,11,14-16H2,1H3,(H,36,37)/t21-,26+/m1/s1. The molecule has 3 fully saturated rings. The highest BCUT2D eigenvalue weighted by atomic mass is 19.1. The van der Waals surface area contributed by atoms with Gasteiger partial charge in [0.05, 0.1) is 18.7 Å². The maximum absolute atomic E-state index is 15.1. The number of nitrogens with zero attached hydrogens (tertiary/aromatic N) is 2. The molecule has 38 heavy (non-hydrogen) atoms. The molecule has 2 aromatic rings. The molecule has 3 aliphatic rings. The van der Waals surface area contributed by atoms with Crippen LogP contribution in [0.4, 0.5) is 13.2 Å². The summed E-state index contributed by atoms with van der Waals surface area (Å²) in [4.78, 5) is 27.7. The van der Waals surface area contributed by atoms with Gasteiger partial charge in [-0.3, -0.25) is 9.69 Å². The van der Waals surface area contributed by atoms with Crippen molar-refractivity contribution in [3.05, 3.63) is 64.2 Å². The van der Waals surface area contributed by atoms with Crippen molar-refractivity contribution in [3.63, 3.8) is 0 Å². The summed E-state index contributed by atoms with van der Waals surface area (Å²) in [5, 5.41) is 9.38. The summed E-state index contributed by atoms with van der Waals surface area (Å²) in [6.45, 7) is 4.20. The fourth-order valence-corrected chi connectivity index (χ4v) is 5.56. The molecule has 9 heteroatoms. The number of hydrogen-bond donors (Lipinski definition) is 1. The van der Waals surface area contributed by atoms with Gasteiger partial charge in [-0.15, -0.1) is 0 Å². The van der Waals surface area contributed by atoms with Gasteiger partial charge in [0.1, 0.15) is 29.6 Å². The third-order valence-corrected chi connectivity index (χ3v) is 7.92. The maximum atomic E-state index is 15.1. The number of hydrogen-bond acceptors (Lipinski definition) is 4. The lowest BCUT2D eigenvalue weighted by molar-refractivity contribution is -0.141. The van der Waals surface area contributed by atoms with Crippen LogP contribution in [0, 0.1) is 24.5 Å². The predicted molar refractivity (Wildman–Crippen MR) is 135 cm³/mol. The third-order valence-electron chi connectivity index (χ3n) is 7.92. The molecule has 2 aromatic carbocycles. The Kier molecular flexibility index (Phi) is 7.66. The lowest BCUT2D eigenvalue weighted by Gasteiger charge is -2.32. The molecule has 6 nitrogen and oxygen atoms in total. The van der Waals surface area contributed by atoms with E-state index in [-0.39, 0.29) is 36.2 Å². The van der Waals surface area contributed by atoms with Crippen molar-refractivity contribution < 1.29 is 32.6 Å². The van der Waals surface area contributed by atoms with Gasteiger partial charge in [0.25, 0.3) is 5.91 Å². The second-order valence-electron chi connectivity index (χ2n) is 10.9. The van der Waals surface area contributed by atoms with Crippen LogP contribution < -0.4 is 4.74 Å². The lowest BCUT2D eigenvalue weighted by atomic mass is 9.97. The Labute approximate surface area is 220 Å². The van der Waals surface area contributed by atoms with Gasteiger partial charge in [0, 0.05) is 24.6 Å². The molecular formula is C29H33F3N2O4. The summed E-state index contributed by atoms with van der Waals surface area (Å²) in [6, 6.07) is 6.54. The number of rotatable bonds is 8. The van der Waals surface area contributed by atoms with Crippen molar-refractivity contribution in [1.29, 1.82) is 0 Å². The average Bonchev–Trinajstić information content (AvgIpc) is 3.65. The number of halogens is 3. The number of piperidine rings is 1. The number of alkyl halides is 1. The van der Waals surface area contributed by atoms with Gasteiger partial charge in [-0.2, -0.15) is 0 Å². The minimum atomic E-state index is -1.45. The molecule has 1 saturated carbocycles. The first-order valence-electron chi connectivity index (χ1n) is 13.3. The van der Waals surface area contributed by atoms with Crippen molar-refractivity contribution in [2.75, 3.05) is 26.2 Å². The van der Waals surface area contributed by atoms with Gasteiger partial charge in [-0.1, -0.05) is 17.7 Å². The number of carbonyl (C=O) groups is 2. The first-order valence-corrected chi connectivity index (χ1v) is 13.3. The Balaban J connectivity index is 1.22. The second kappa shape index (κ2) is 11.0. The minimum absolute atomic E-state index is 0.158. The van der Waals surface area contributed by atoms with E-state index in [9.17, 15) is 23.5 Å². The molecule has 2 heterocycles. The fourth-order valence-electron chi connectivity index (χ4n) is 5.56. The molecule has 204 valence electrons. The number of ether oxygens (including phenoxy) is 1. The van der Waals surface area contributed by atoms with Crippen LogP contribution in [0.2, 0.25) is 0 Å². The first-order chi connectivity index (χ1) is 18.2. The number of carboxylic acid groups (broad SMARTS) is 1. The molecule has 2 atom stereocenters. The molecular weight excluding hydrogens is 497 g/mol. The number of carbonyl (C=O) groups excluding carboxylic acids is 1. The Hall–Kier alpha value is -3.07. The van der Waals surface area contributed by atoms with Crippen LogP contribution in [0.25, 0.3) is 0 Å². The van der Waals surface area contributed by atoms with Crippen molar-refractivity contribution in [3.8, 4) is 5.75 Å². The van der Waals surface area contributed by atoms with E-state index in [2.05, 4.69) is 4.90 Å². The van der Waals surface area contributed by atoms with E-state index in [4.69, 9.17) is 4.74 Å². The Morgan fingerprint density at radius 3 is 2.47 bits per heavy atom.